The van der Waals surface area contributed by atoms with E-state index in [1.54, 1.807) is 4.90 Å². The van der Waals surface area contributed by atoms with Gasteiger partial charge in [-0.2, -0.15) is 0 Å². The highest BCUT2D eigenvalue weighted by Crippen LogP contribution is 2.02. The fraction of sp³-hybridized carbons (Fsp3) is 0.833. The molecule has 104 valence electrons. The Morgan fingerprint density at radius 1 is 1.33 bits per heavy atom. The molecule has 4 N–H and O–H groups in total. The van der Waals surface area contributed by atoms with Crippen molar-refractivity contribution in [2.45, 2.75) is 38.8 Å². The molecule has 0 aromatic heterocycles. The molecule has 0 saturated carbocycles. The van der Waals surface area contributed by atoms with Gasteiger partial charge in [0.25, 0.3) is 0 Å². The Morgan fingerprint density at radius 3 is 2.56 bits per heavy atom. The molecule has 1 heterocycles. The number of hydrogen-bond donors (Lipinski definition) is 3. The van der Waals surface area contributed by atoms with Gasteiger partial charge >= 0.3 is 0 Å². The Hall–Kier alpha value is -1.14. The first kappa shape index (κ1) is 14.9. The molecule has 1 aliphatic heterocycles. The van der Waals surface area contributed by atoms with Crippen molar-refractivity contribution in [2.24, 2.45) is 5.73 Å². The van der Waals surface area contributed by atoms with Crippen LogP contribution in [0.1, 0.15) is 26.7 Å². The summed E-state index contributed by atoms with van der Waals surface area (Å²) in [6.07, 6.45) is 1.87. The van der Waals surface area contributed by atoms with Crippen molar-refractivity contribution >= 4 is 11.8 Å². The van der Waals surface area contributed by atoms with Crippen molar-refractivity contribution in [1.29, 1.82) is 0 Å². The van der Waals surface area contributed by atoms with Gasteiger partial charge < -0.3 is 21.3 Å². The second-order valence-electron chi connectivity index (χ2n) is 4.85. The lowest BCUT2D eigenvalue weighted by atomic mass is 10.1. The number of nitrogens with zero attached hydrogens (tertiary/aromatic N) is 1. The van der Waals surface area contributed by atoms with Gasteiger partial charge in [-0.25, -0.2) is 0 Å². The van der Waals surface area contributed by atoms with Crippen LogP contribution in [-0.2, 0) is 9.59 Å². The van der Waals surface area contributed by atoms with E-state index < -0.39 is 5.91 Å². The van der Waals surface area contributed by atoms with Gasteiger partial charge in [-0.1, -0.05) is 13.3 Å². The summed E-state index contributed by atoms with van der Waals surface area (Å²) in [5.74, 6) is -0.502. The van der Waals surface area contributed by atoms with Crippen LogP contribution in [0, 0.1) is 0 Å². The molecule has 1 fully saturated rings. The number of amides is 2. The smallest absolute Gasteiger partial charge is 0.241 e. The third-order valence-corrected chi connectivity index (χ3v) is 3.08. The van der Waals surface area contributed by atoms with E-state index in [-0.39, 0.29) is 18.5 Å². The van der Waals surface area contributed by atoms with E-state index in [4.69, 9.17) is 5.73 Å². The molecule has 0 aromatic rings. The molecule has 0 bridgehead atoms. The number of carbonyl (C=O) groups is 2. The molecule has 2 amide bonds. The molecule has 1 aliphatic rings. The molecular formula is C12H24N4O2. The van der Waals surface area contributed by atoms with Crippen molar-refractivity contribution < 1.29 is 9.59 Å². The number of nitrogens with one attached hydrogen (secondary N) is 2. The maximum Gasteiger partial charge on any atom is 0.241 e. The van der Waals surface area contributed by atoms with Crippen molar-refractivity contribution in [2.75, 3.05) is 26.2 Å². The first-order valence-electron chi connectivity index (χ1n) is 6.58. The number of nitrogens with two attached hydrogens (primary N) is 1. The molecular weight excluding hydrogens is 232 g/mol. The van der Waals surface area contributed by atoms with Crippen LogP contribution < -0.4 is 16.4 Å². The fourth-order valence-electron chi connectivity index (χ4n) is 1.98. The van der Waals surface area contributed by atoms with Gasteiger partial charge in [0.05, 0.1) is 12.6 Å². The average Bonchev–Trinajstić information content (AvgIpc) is 2.34. The Bertz CT molecular complexity index is 288. The molecule has 2 atom stereocenters. The molecule has 2 unspecified atom stereocenters. The number of primary amides is 1. The molecule has 0 aromatic carbocycles. The van der Waals surface area contributed by atoms with Crippen molar-refractivity contribution in [3.8, 4) is 0 Å². The van der Waals surface area contributed by atoms with Crippen molar-refractivity contribution in [3.05, 3.63) is 0 Å². The van der Waals surface area contributed by atoms with Gasteiger partial charge in [0.15, 0.2) is 0 Å². The Labute approximate surface area is 108 Å². The van der Waals surface area contributed by atoms with E-state index >= 15 is 0 Å². The van der Waals surface area contributed by atoms with E-state index in [2.05, 4.69) is 24.5 Å². The van der Waals surface area contributed by atoms with Crippen molar-refractivity contribution in [1.82, 2.24) is 15.5 Å². The van der Waals surface area contributed by atoms with Crippen LogP contribution >= 0.6 is 0 Å². The van der Waals surface area contributed by atoms with Crippen molar-refractivity contribution in [3.63, 3.8) is 0 Å². The van der Waals surface area contributed by atoms with Crippen LogP contribution in [0.3, 0.4) is 0 Å². The number of rotatable bonds is 6. The maximum absolute atomic E-state index is 12.3. The van der Waals surface area contributed by atoms with Gasteiger partial charge in [0.2, 0.25) is 11.8 Å². The molecule has 18 heavy (non-hydrogen) atoms. The summed E-state index contributed by atoms with van der Waals surface area (Å²) >= 11 is 0. The van der Waals surface area contributed by atoms with Crippen LogP contribution in [0.25, 0.3) is 0 Å². The Kier molecular flexibility index (Phi) is 6.07. The molecule has 1 rings (SSSR count). The summed E-state index contributed by atoms with van der Waals surface area (Å²) < 4.78 is 0. The summed E-state index contributed by atoms with van der Waals surface area (Å²) in [7, 11) is 0. The van der Waals surface area contributed by atoms with E-state index in [0.29, 0.717) is 19.1 Å². The lowest BCUT2D eigenvalue weighted by Gasteiger charge is -2.32. The summed E-state index contributed by atoms with van der Waals surface area (Å²) in [5.41, 5.74) is 5.19. The van der Waals surface area contributed by atoms with Crippen LogP contribution in [0.4, 0.5) is 0 Å². The SMILES string of the molecule is CCCCN(CC(N)=O)C(=O)C1CNC(C)CN1. The van der Waals surface area contributed by atoms with E-state index in [1.807, 2.05) is 0 Å². The first-order chi connectivity index (χ1) is 8.54. The van der Waals surface area contributed by atoms with E-state index in [1.165, 1.54) is 0 Å². The van der Waals surface area contributed by atoms with E-state index in [0.717, 1.165) is 19.4 Å². The highest BCUT2D eigenvalue weighted by Gasteiger charge is 2.27. The lowest BCUT2D eigenvalue weighted by molar-refractivity contribution is -0.137. The molecule has 1 saturated heterocycles. The molecule has 0 spiro atoms. The number of piperazine rings is 1. The Morgan fingerprint density at radius 2 is 2.06 bits per heavy atom. The summed E-state index contributed by atoms with van der Waals surface area (Å²) in [4.78, 5) is 24.8. The molecule has 6 heteroatoms. The third-order valence-electron chi connectivity index (χ3n) is 3.08. The molecule has 0 aliphatic carbocycles. The number of carbonyl (C=O) groups excluding carboxylic acids is 2. The van der Waals surface area contributed by atoms with Gasteiger partial charge in [0.1, 0.15) is 0 Å². The summed E-state index contributed by atoms with van der Waals surface area (Å²) in [6, 6.07) is 0.117. The van der Waals surface area contributed by atoms with Gasteiger partial charge in [-0.15, -0.1) is 0 Å². The zero-order chi connectivity index (χ0) is 13.5. The zero-order valence-corrected chi connectivity index (χ0v) is 11.2. The second kappa shape index (κ2) is 7.33. The van der Waals surface area contributed by atoms with Crippen LogP contribution in [-0.4, -0.2) is 55.0 Å². The van der Waals surface area contributed by atoms with Crippen LogP contribution in [0.5, 0.6) is 0 Å². The lowest BCUT2D eigenvalue weighted by Crippen LogP contribution is -2.60. The van der Waals surface area contributed by atoms with Crippen LogP contribution in [0.15, 0.2) is 0 Å². The topological polar surface area (TPSA) is 87.5 Å². The highest BCUT2D eigenvalue weighted by molar-refractivity contribution is 5.87. The van der Waals surface area contributed by atoms with Gasteiger partial charge in [-0.3, -0.25) is 9.59 Å². The first-order valence-corrected chi connectivity index (χ1v) is 6.58. The number of hydrogen-bond acceptors (Lipinski definition) is 4. The molecule has 6 nitrogen and oxygen atoms in total. The fourth-order valence-corrected chi connectivity index (χ4v) is 1.98. The predicted molar refractivity (Wildman–Crippen MR) is 69.9 cm³/mol. The standard InChI is InChI=1S/C12H24N4O2/c1-3-4-5-16(8-11(13)17)12(18)10-7-14-9(2)6-15-10/h9-10,14-15H,3-8H2,1-2H3,(H2,13,17). The monoisotopic (exact) mass is 256 g/mol. The predicted octanol–water partition coefficient (Wildman–Crippen LogP) is -0.950. The normalized spacial score (nSPS) is 23.7. The van der Waals surface area contributed by atoms with Gasteiger partial charge in [0, 0.05) is 25.7 Å². The minimum Gasteiger partial charge on any atom is -0.368 e. The third kappa shape index (κ3) is 4.62. The molecule has 0 radical (unpaired) electrons. The maximum atomic E-state index is 12.3. The summed E-state index contributed by atoms with van der Waals surface area (Å²) in [6.45, 7) is 6.07. The van der Waals surface area contributed by atoms with Crippen LogP contribution in [0.2, 0.25) is 0 Å². The largest absolute Gasteiger partial charge is 0.368 e. The summed E-state index contributed by atoms with van der Waals surface area (Å²) in [5, 5.41) is 6.44. The minimum atomic E-state index is -0.461. The zero-order valence-electron chi connectivity index (χ0n) is 11.2. The average molecular weight is 256 g/mol. The Balaban J connectivity index is 2.54. The minimum absolute atomic E-state index is 0.00651. The number of unbranched alkanes of at least 4 members (excludes halogenated alkanes) is 1. The second-order valence-corrected chi connectivity index (χ2v) is 4.85. The van der Waals surface area contributed by atoms with E-state index in [9.17, 15) is 9.59 Å². The quantitative estimate of drug-likeness (QED) is 0.572. The highest BCUT2D eigenvalue weighted by atomic mass is 16.2. The van der Waals surface area contributed by atoms with Gasteiger partial charge in [-0.05, 0) is 13.3 Å².